The number of rotatable bonds is 1. The van der Waals surface area contributed by atoms with E-state index in [1.807, 2.05) is 19.1 Å². The summed E-state index contributed by atoms with van der Waals surface area (Å²) in [6.07, 6.45) is 0. The van der Waals surface area contributed by atoms with Crippen LogP contribution in [0.3, 0.4) is 0 Å². The lowest BCUT2D eigenvalue weighted by molar-refractivity contribution is 0.610. The zero-order valence-electron chi connectivity index (χ0n) is 6.26. The molecule has 0 spiro atoms. The average Bonchev–Trinajstić information content (AvgIpc) is 1.88. The molecule has 1 unspecified atom stereocenters. The molecule has 0 heterocycles. The molecule has 0 radical (unpaired) electrons. The summed E-state index contributed by atoms with van der Waals surface area (Å²) in [5.74, 6) is -0.0648. The predicted octanol–water partition coefficient (Wildman–Crippen LogP) is 1.25. The van der Waals surface area contributed by atoms with Gasteiger partial charge in [0.15, 0.2) is 0 Å². The van der Waals surface area contributed by atoms with Crippen LogP contribution in [0.2, 0.25) is 0 Å². The Labute approximate surface area is 63.5 Å². The molecule has 1 rings (SSSR count). The first kappa shape index (κ1) is 7.47. The second-order valence-electron chi connectivity index (χ2n) is 2.68. The fourth-order valence-electron chi connectivity index (χ4n) is 0.943. The van der Waals surface area contributed by atoms with Crippen LogP contribution in [-0.2, 0) is 0 Å². The molecule has 1 aromatic carbocycles. The first-order valence-electron chi connectivity index (χ1n) is 3.46. The smallest absolute Gasteiger partial charge is 0.126 e. The van der Waals surface area contributed by atoms with E-state index in [2.05, 4.69) is 0 Å². The van der Waals surface area contributed by atoms with E-state index in [1.54, 1.807) is 6.07 Å². The lowest BCUT2D eigenvalue weighted by Gasteiger charge is -2.04. The van der Waals surface area contributed by atoms with Gasteiger partial charge in [-0.05, 0) is 17.2 Å². The quantitative estimate of drug-likeness (QED) is 0.534. The van der Waals surface area contributed by atoms with E-state index in [9.17, 15) is 4.39 Å². The van der Waals surface area contributed by atoms with Crippen molar-refractivity contribution >= 4 is 10.2 Å². The zero-order valence-corrected chi connectivity index (χ0v) is 8.26. The van der Waals surface area contributed by atoms with Crippen LogP contribution in [0.15, 0.2) is 24.3 Å². The third-order valence-electron chi connectivity index (χ3n) is 1.53. The van der Waals surface area contributed by atoms with Crippen molar-refractivity contribution in [2.24, 2.45) is 0 Å². The van der Waals surface area contributed by atoms with E-state index >= 15 is 0 Å². The molecular formula is C8H11FSi. The van der Waals surface area contributed by atoms with Crippen LogP contribution in [0, 0.1) is 5.82 Å². The van der Waals surface area contributed by atoms with E-state index < -0.39 is 0 Å². The van der Waals surface area contributed by atoms with Gasteiger partial charge in [-0.15, -0.1) is 0 Å². The summed E-state index contributed by atoms with van der Waals surface area (Å²) in [7, 11) is 1.02. The first-order chi connectivity index (χ1) is 4.72. The van der Waals surface area contributed by atoms with Gasteiger partial charge in [0.25, 0.3) is 0 Å². The van der Waals surface area contributed by atoms with Gasteiger partial charge in [-0.2, -0.15) is 0 Å². The second kappa shape index (κ2) is 2.97. The van der Waals surface area contributed by atoms with E-state index in [4.69, 9.17) is 0 Å². The predicted molar refractivity (Wildman–Crippen MR) is 44.8 cm³/mol. The van der Waals surface area contributed by atoms with Gasteiger partial charge in [-0.25, -0.2) is 4.39 Å². The van der Waals surface area contributed by atoms with Gasteiger partial charge in [0, 0.05) is 10.2 Å². The Balaban J connectivity index is 3.03. The molecule has 1 aromatic rings. The molecule has 0 N–H and O–H groups in total. The molecule has 0 saturated heterocycles. The maximum Gasteiger partial charge on any atom is 0.126 e. The average molecular weight is 154 g/mol. The van der Waals surface area contributed by atoms with Gasteiger partial charge in [0.2, 0.25) is 0 Å². The van der Waals surface area contributed by atoms with Crippen molar-refractivity contribution < 1.29 is 4.39 Å². The lowest BCUT2D eigenvalue weighted by atomic mass is 10.1. The molecule has 54 valence electrons. The Morgan fingerprint density at radius 3 is 2.40 bits per heavy atom. The summed E-state index contributed by atoms with van der Waals surface area (Å²) in [6, 6.07) is 6.98. The summed E-state index contributed by atoms with van der Waals surface area (Å²) >= 11 is 0. The van der Waals surface area contributed by atoms with Gasteiger partial charge < -0.3 is 0 Å². The first-order valence-corrected chi connectivity index (χ1v) is 4.61. The molecular weight excluding hydrogens is 143 g/mol. The molecule has 0 nitrogen and oxygen atoms in total. The maximum atomic E-state index is 12.9. The van der Waals surface area contributed by atoms with Crippen molar-refractivity contribution in [2.75, 3.05) is 0 Å². The Morgan fingerprint density at radius 1 is 1.40 bits per heavy atom. The fraction of sp³-hybridized carbons (Fsp3) is 0.250. The molecule has 0 aliphatic carbocycles. The van der Waals surface area contributed by atoms with Gasteiger partial charge in [0.1, 0.15) is 5.82 Å². The Hall–Kier alpha value is -0.633. The summed E-state index contributed by atoms with van der Waals surface area (Å²) in [6.45, 7) is 2.05. The highest BCUT2D eigenvalue weighted by Crippen LogP contribution is 2.14. The highest BCUT2D eigenvalue weighted by atomic mass is 28.1. The zero-order chi connectivity index (χ0) is 7.56. The van der Waals surface area contributed by atoms with Crippen LogP contribution in [-0.4, -0.2) is 10.2 Å². The number of benzene rings is 1. The highest BCUT2D eigenvalue weighted by Gasteiger charge is 2.02. The van der Waals surface area contributed by atoms with Crippen LogP contribution >= 0.6 is 0 Å². The largest absolute Gasteiger partial charge is 0.207 e. The van der Waals surface area contributed by atoms with Gasteiger partial charge in [-0.3, -0.25) is 0 Å². The number of hydrogen-bond donors (Lipinski definition) is 0. The second-order valence-corrected chi connectivity index (χ2v) is 4.41. The molecule has 0 aliphatic heterocycles. The summed E-state index contributed by atoms with van der Waals surface area (Å²) in [5, 5.41) is 0. The Morgan fingerprint density at radius 2 is 2.00 bits per heavy atom. The van der Waals surface area contributed by atoms with Crippen molar-refractivity contribution in [1.82, 2.24) is 0 Å². The van der Waals surface area contributed by atoms with Crippen molar-refractivity contribution in [1.29, 1.82) is 0 Å². The summed E-state index contributed by atoms with van der Waals surface area (Å²) in [4.78, 5) is 0. The summed E-state index contributed by atoms with van der Waals surface area (Å²) < 4.78 is 12.9. The lowest BCUT2D eigenvalue weighted by Crippen LogP contribution is -1.94. The third kappa shape index (κ3) is 1.45. The summed E-state index contributed by atoms with van der Waals surface area (Å²) in [5.41, 5.74) is 1.27. The molecule has 10 heavy (non-hydrogen) atoms. The van der Waals surface area contributed by atoms with Crippen molar-refractivity contribution in [3.05, 3.63) is 35.6 Å². The monoisotopic (exact) mass is 154 g/mol. The number of hydrogen-bond acceptors (Lipinski definition) is 0. The molecule has 0 aromatic heterocycles. The third-order valence-corrected chi connectivity index (χ3v) is 2.15. The Kier molecular flexibility index (Phi) is 2.22. The maximum absolute atomic E-state index is 12.9. The standard InChI is InChI=1S/C8H11FSi/c1-6(10)7-4-2-3-5-8(7)9/h2-6H,1,10H3. The normalized spacial score (nSPS) is 13.4. The van der Waals surface area contributed by atoms with Crippen molar-refractivity contribution in [3.63, 3.8) is 0 Å². The fourth-order valence-corrected chi connectivity index (χ4v) is 1.41. The van der Waals surface area contributed by atoms with E-state index in [0.717, 1.165) is 15.8 Å². The molecule has 0 bridgehead atoms. The van der Waals surface area contributed by atoms with E-state index in [0.29, 0.717) is 5.54 Å². The van der Waals surface area contributed by atoms with Crippen LogP contribution in [0.25, 0.3) is 0 Å². The molecule has 0 aliphatic rings. The van der Waals surface area contributed by atoms with Crippen molar-refractivity contribution in [3.8, 4) is 0 Å². The molecule has 0 fully saturated rings. The van der Waals surface area contributed by atoms with Crippen LogP contribution < -0.4 is 0 Å². The van der Waals surface area contributed by atoms with Gasteiger partial charge in [0.05, 0.1) is 0 Å². The minimum absolute atomic E-state index is 0.0648. The minimum atomic E-state index is -0.0648. The van der Waals surface area contributed by atoms with E-state index in [-0.39, 0.29) is 5.82 Å². The van der Waals surface area contributed by atoms with E-state index in [1.165, 1.54) is 6.07 Å². The topological polar surface area (TPSA) is 0 Å². The number of halogens is 1. The molecule has 0 saturated carbocycles. The molecule has 1 atom stereocenters. The van der Waals surface area contributed by atoms with Gasteiger partial charge >= 0.3 is 0 Å². The van der Waals surface area contributed by atoms with Crippen LogP contribution in [0.5, 0.6) is 0 Å². The SMILES string of the molecule is CC([SiH3])c1ccccc1F. The highest BCUT2D eigenvalue weighted by molar-refractivity contribution is 6.12. The van der Waals surface area contributed by atoms with Crippen molar-refractivity contribution in [2.45, 2.75) is 12.5 Å². The Bertz CT molecular complexity index is 220. The van der Waals surface area contributed by atoms with Crippen LogP contribution in [0.4, 0.5) is 4.39 Å². The molecule has 0 amide bonds. The van der Waals surface area contributed by atoms with Crippen LogP contribution in [0.1, 0.15) is 18.0 Å². The minimum Gasteiger partial charge on any atom is -0.207 e. The van der Waals surface area contributed by atoms with Gasteiger partial charge in [-0.1, -0.05) is 25.1 Å². The molecule has 2 heteroatoms.